The maximum Gasteiger partial charge on any atom is 0.255 e. The summed E-state index contributed by atoms with van der Waals surface area (Å²) in [4.78, 5) is 37.1. The summed E-state index contributed by atoms with van der Waals surface area (Å²) in [6.45, 7) is 0. The first-order chi connectivity index (χ1) is 13.5. The number of Topliss-reactive ketones (excluding diaryl/α,β-unsaturated/α-hetero) is 2. The van der Waals surface area contributed by atoms with Crippen LogP contribution in [0.1, 0.15) is 31.1 Å². The molecular weight excluding hydrogens is 378 g/mol. The van der Waals surface area contributed by atoms with E-state index in [0.29, 0.717) is 27.6 Å². The zero-order chi connectivity index (χ0) is 20.1. The van der Waals surface area contributed by atoms with Gasteiger partial charge in [-0.1, -0.05) is 54.1 Å². The number of ketones is 2. The molecular formula is C22H16ClNO4. The Kier molecular flexibility index (Phi) is 5.87. The van der Waals surface area contributed by atoms with Gasteiger partial charge < -0.3 is 10.1 Å². The Bertz CT molecular complexity index is 1030. The van der Waals surface area contributed by atoms with E-state index >= 15 is 0 Å². The molecule has 3 rings (SSSR count). The molecule has 3 aromatic rings. The molecule has 1 N–H and O–H groups in total. The average molecular weight is 394 g/mol. The Balaban J connectivity index is 1.75. The predicted molar refractivity (Wildman–Crippen MR) is 108 cm³/mol. The maximum atomic E-state index is 12.5. The Morgan fingerprint density at radius 3 is 1.96 bits per heavy atom. The highest BCUT2D eigenvalue weighted by Gasteiger charge is 2.18. The van der Waals surface area contributed by atoms with Gasteiger partial charge in [-0.25, -0.2) is 0 Å². The van der Waals surface area contributed by atoms with Crippen molar-refractivity contribution in [3.63, 3.8) is 0 Å². The van der Waals surface area contributed by atoms with Gasteiger partial charge in [0.2, 0.25) is 11.6 Å². The fraction of sp³-hybridized carbons (Fsp3) is 0.0455. The number of carbonyl (C=O) groups is 3. The van der Waals surface area contributed by atoms with Gasteiger partial charge in [-0.05, 0) is 30.3 Å². The lowest BCUT2D eigenvalue weighted by Crippen LogP contribution is -2.16. The van der Waals surface area contributed by atoms with Crippen LogP contribution >= 0.6 is 11.6 Å². The summed E-state index contributed by atoms with van der Waals surface area (Å²) < 4.78 is 5.20. The molecule has 6 heteroatoms. The smallest absolute Gasteiger partial charge is 0.255 e. The molecule has 140 valence electrons. The van der Waals surface area contributed by atoms with Crippen molar-refractivity contribution in [3.05, 3.63) is 94.5 Å². The number of amides is 1. The summed E-state index contributed by atoms with van der Waals surface area (Å²) in [6.07, 6.45) is 0. The highest BCUT2D eigenvalue weighted by Crippen LogP contribution is 2.28. The van der Waals surface area contributed by atoms with Crippen molar-refractivity contribution in [2.45, 2.75) is 0 Å². The van der Waals surface area contributed by atoms with E-state index in [1.54, 1.807) is 48.5 Å². The molecule has 0 heterocycles. The first-order valence-electron chi connectivity index (χ1n) is 8.38. The largest absolute Gasteiger partial charge is 0.495 e. The fourth-order valence-electron chi connectivity index (χ4n) is 2.60. The van der Waals surface area contributed by atoms with Gasteiger partial charge in [0.15, 0.2) is 0 Å². The first-order valence-corrected chi connectivity index (χ1v) is 8.76. The van der Waals surface area contributed by atoms with E-state index in [0.717, 1.165) is 0 Å². The van der Waals surface area contributed by atoms with Gasteiger partial charge in [0.05, 0.1) is 12.8 Å². The van der Waals surface area contributed by atoms with Crippen LogP contribution in [0, 0.1) is 0 Å². The van der Waals surface area contributed by atoms with Gasteiger partial charge in [0.25, 0.3) is 5.91 Å². The molecule has 5 nitrogen and oxygen atoms in total. The van der Waals surface area contributed by atoms with Crippen LogP contribution in [0.3, 0.4) is 0 Å². The molecule has 0 aliphatic heterocycles. The minimum absolute atomic E-state index is 0.214. The van der Waals surface area contributed by atoms with Crippen LogP contribution in [0.2, 0.25) is 5.02 Å². The zero-order valence-corrected chi connectivity index (χ0v) is 15.7. The Morgan fingerprint density at radius 2 is 1.36 bits per heavy atom. The van der Waals surface area contributed by atoms with Crippen LogP contribution in [-0.4, -0.2) is 24.6 Å². The molecule has 0 aliphatic rings. The summed E-state index contributed by atoms with van der Waals surface area (Å²) in [7, 11) is 1.49. The molecule has 0 unspecified atom stereocenters. The van der Waals surface area contributed by atoms with Gasteiger partial charge in [-0.15, -0.1) is 0 Å². The number of halogens is 1. The Morgan fingerprint density at radius 1 is 0.786 bits per heavy atom. The third kappa shape index (κ3) is 4.27. The summed E-state index contributed by atoms with van der Waals surface area (Å²) in [5.74, 6) is -1.15. The third-order valence-electron chi connectivity index (χ3n) is 4.06. The minimum Gasteiger partial charge on any atom is -0.495 e. The van der Waals surface area contributed by atoms with Crippen LogP contribution in [0.25, 0.3) is 0 Å². The van der Waals surface area contributed by atoms with Gasteiger partial charge in [0.1, 0.15) is 5.75 Å². The van der Waals surface area contributed by atoms with Gasteiger partial charge in [-0.2, -0.15) is 0 Å². The van der Waals surface area contributed by atoms with Crippen LogP contribution in [0.15, 0.2) is 72.8 Å². The van der Waals surface area contributed by atoms with Crippen molar-refractivity contribution in [3.8, 4) is 5.75 Å². The topological polar surface area (TPSA) is 72.5 Å². The van der Waals surface area contributed by atoms with E-state index in [1.807, 2.05) is 0 Å². The number of benzene rings is 3. The number of methoxy groups -OCH3 is 1. The molecule has 0 aromatic heterocycles. The Labute approximate surface area is 166 Å². The lowest BCUT2D eigenvalue weighted by atomic mass is 10.0. The molecule has 0 saturated heterocycles. The molecule has 0 bridgehead atoms. The number of hydrogen-bond donors (Lipinski definition) is 1. The first kappa shape index (κ1) is 19.3. The standard InChI is InChI=1S/C22H16ClNO4/c1-28-19-12-11-17(23)13-18(19)24-22(27)16-9-7-15(8-10-16)21(26)20(25)14-5-3-2-4-6-14/h2-13H,1H3,(H,24,27). The molecule has 1 amide bonds. The maximum absolute atomic E-state index is 12.5. The Hall–Kier alpha value is -3.44. The van der Waals surface area contributed by atoms with E-state index in [4.69, 9.17) is 16.3 Å². The second kappa shape index (κ2) is 8.50. The summed E-state index contributed by atoms with van der Waals surface area (Å²) >= 11 is 5.96. The van der Waals surface area contributed by atoms with Gasteiger partial charge >= 0.3 is 0 Å². The van der Waals surface area contributed by atoms with Crippen molar-refractivity contribution in [2.24, 2.45) is 0 Å². The SMILES string of the molecule is COc1ccc(Cl)cc1NC(=O)c1ccc(C(=O)C(=O)c2ccccc2)cc1. The van der Waals surface area contributed by atoms with Crippen molar-refractivity contribution >= 4 is 34.8 Å². The summed E-state index contributed by atoms with van der Waals surface area (Å²) in [5.41, 5.74) is 1.29. The third-order valence-corrected chi connectivity index (χ3v) is 4.30. The van der Waals surface area contributed by atoms with Crippen LogP contribution in [0.5, 0.6) is 5.75 Å². The van der Waals surface area contributed by atoms with E-state index in [-0.39, 0.29) is 5.56 Å². The van der Waals surface area contributed by atoms with E-state index < -0.39 is 17.5 Å². The number of anilines is 1. The number of carbonyl (C=O) groups excluding carboxylic acids is 3. The van der Waals surface area contributed by atoms with Crippen LogP contribution < -0.4 is 10.1 Å². The van der Waals surface area contributed by atoms with Crippen LogP contribution in [0.4, 0.5) is 5.69 Å². The summed E-state index contributed by atoms with van der Waals surface area (Å²) in [6, 6.07) is 19.1. The summed E-state index contributed by atoms with van der Waals surface area (Å²) in [5, 5.41) is 3.17. The molecule has 0 atom stereocenters. The fourth-order valence-corrected chi connectivity index (χ4v) is 2.77. The van der Waals surface area contributed by atoms with E-state index in [2.05, 4.69) is 5.32 Å². The molecule has 0 spiro atoms. The number of rotatable bonds is 6. The number of nitrogens with one attached hydrogen (secondary N) is 1. The quantitative estimate of drug-likeness (QED) is 0.488. The lowest BCUT2D eigenvalue weighted by Gasteiger charge is -2.10. The normalized spacial score (nSPS) is 10.2. The van der Waals surface area contributed by atoms with Crippen LogP contribution in [-0.2, 0) is 0 Å². The van der Waals surface area contributed by atoms with Crippen molar-refractivity contribution in [2.75, 3.05) is 12.4 Å². The molecule has 0 radical (unpaired) electrons. The monoisotopic (exact) mass is 393 g/mol. The molecule has 0 aliphatic carbocycles. The van der Waals surface area contributed by atoms with E-state index in [9.17, 15) is 14.4 Å². The highest BCUT2D eigenvalue weighted by atomic mass is 35.5. The van der Waals surface area contributed by atoms with Crippen molar-refractivity contribution < 1.29 is 19.1 Å². The average Bonchev–Trinajstić information content (AvgIpc) is 2.73. The number of ether oxygens (including phenoxy) is 1. The van der Waals surface area contributed by atoms with Gasteiger partial charge in [-0.3, -0.25) is 14.4 Å². The molecule has 0 fully saturated rings. The second-order valence-corrected chi connectivity index (χ2v) is 6.34. The highest BCUT2D eigenvalue weighted by molar-refractivity contribution is 6.49. The zero-order valence-electron chi connectivity index (χ0n) is 14.9. The van der Waals surface area contributed by atoms with Gasteiger partial charge in [0, 0.05) is 21.7 Å². The van der Waals surface area contributed by atoms with Crippen molar-refractivity contribution in [1.29, 1.82) is 0 Å². The number of hydrogen-bond acceptors (Lipinski definition) is 4. The second-order valence-electron chi connectivity index (χ2n) is 5.90. The van der Waals surface area contributed by atoms with E-state index in [1.165, 1.54) is 31.4 Å². The lowest BCUT2D eigenvalue weighted by molar-refractivity contribution is 0.0817. The minimum atomic E-state index is -0.630. The molecule has 28 heavy (non-hydrogen) atoms. The molecule has 3 aromatic carbocycles. The van der Waals surface area contributed by atoms with Crippen molar-refractivity contribution in [1.82, 2.24) is 0 Å². The predicted octanol–water partition coefficient (Wildman–Crippen LogP) is 4.67. The molecule has 0 saturated carbocycles.